The average Bonchev–Trinajstić information content (AvgIpc) is 2.88. The van der Waals surface area contributed by atoms with E-state index in [9.17, 15) is 15.0 Å². The first-order valence-corrected chi connectivity index (χ1v) is 12.5. The molecular formula is C29H32ClNO6. The Labute approximate surface area is 221 Å². The summed E-state index contributed by atoms with van der Waals surface area (Å²) in [7, 11) is 1.45. The van der Waals surface area contributed by atoms with Gasteiger partial charge in [0.2, 0.25) is 6.29 Å². The van der Waals surface area contributed by atoms with Crippen LogP contribution in [0.5, 0.6) is 5.75 Å². The fourth-order valence-electron chi connectivity index (χ4n) is 4.56. The van der Waals surface area contributed by atoms with E-state index in [0.29, 0.717) is 34.9 Å². The molecule has 7 nitrogen and oxygen atoms in total. The zero-order valence-corrected chi connectivity index (χ0v) is 21.8. The Morgan fingerprint density at radius 1 is 1.03 bits per heavy atom. The minimum absolute atomic E-state index is 0.267. The number of hydrogen-bond donors (Lipinski definition) is 3. The number of ether oxygens (including phenoxy) is 3. The lowest BCUT2D eigenvalue weighted by atomic mass is 9.89. The maximum Gasteiger partial charge on any atom is 0.252 e. The van der Waals surface area contributed by atoms with Gasteiger partial charge in [-0.1, -0.05) is 54.1 Å². The van der Waals surface area contributed by atoms with Crippen molar-refractivity contribution in [3.05, 3.63) is 88.9 Å². The molecule has 0 aliphatic carbocycles. The lowest BCUT2D eigenvalue weighted by Gasteiger charge is -2.46. The van der Waals surface area contributed by atoms with Crippen molar-refractivity contribution in [3.63, 3.8) is 0 Å². The standard InChI is InChI=1S/C29H32ClNO6/c1-29(2)26(35-3)24(32)25(33)28(37-29)36-21-13-14-22(19-9-11-20(30)12-10-19)23(17-21)27(34)31-16-15-18-7-5-4-6-8-18/h4-14,17,24-26,28,32-33H,15-16H2,1-3H3,(H,31,34)/t24-,25+,26+,28-/m0/s1. The molecule has 0 spiro atoms. The molecule has 3 aromatic carbocycles. The molecule has 1 saturated heterocycles. The maximum atomic E-state index is 13.3. The topological polar surface area (TPSA) is 97.3 Å². The molecule has 196 valence electrons. The normalized spacial score (nSPS) is 22.9. The number of carbonyl (C=O) groups is 1. The Hall–Kier alpha value is -2.94. The van der Waals surface area contributed by atoms with E-state index in [1.165, 1.54) is 7.11 Å². The van der Waals surface area contributed by atoms with Gasteiger partial charge in [-0.3, -0.25) is 4.79 Å². The predicted octanol–water partition coefficient (Wildman–Crippen LogP) is 4.23. The van der Waals surface area contributed by atoms with Gasteiger partial charge < -0.3 is 29.7 Å². The summed E-state index contributed by atoms with van der Waals surface area (Å²) in [6, 6.07) is 22.2. The fourth-order valence-corrected chi connectivity index (χ4v) is 4.69. The van der Waals surface area contributed by atoms with Crippen molar-refractivity contribution in [3.8, 4) is 16.9 Å². The molecule has 8 heteroatoms. The molecule has 0 radical (unpaired) electrons. The van der Waals surface area contributed by atoms with Gasteiger partial charge in [-0.15, -0.1) is 0 Å². The average molecular weight is 526 g/mol. The van der Waals surface area contributed by atoms with Crippen LogP contribution in [0.3, 0.4) is 0 Å². The first-order chi connectivity index (χ1) is 17.7. The molecule has 0 aromatic heterocycles. The number of halogens is 1. The van der Waals surface area contributed by atoms with Crippen molar-refractivity contribution in [1.29, 1.82) is 0 Å². The third-order valence-corrected chi connectivity index (χ3v) is 6.74. The number of aliphatic hydroxyl groups is 2. The van der Waals surface area contributed by atoms with Crippen LogP contribution in [0.4, 0.5) is 0 Å². The number of rotatable bonds is 8. The first-order valence-electron chi connectivity index (χ1n) is 12.1. The highest BCUT2D eigenvalue weighted by Crippen LogP contribution is 2.34. The number of nitrogens with one attached hydrogen (secondary N) is 1. The molecule has 1 amide bonds. The quantitative estimate of drug-likeness (QED) is 0.407. The number of benzene rings is 3. The van der Waals surface area contributed by atoms with Gasteiger partial charge in [-0.25, -0.2) is 0 Å². The van der Waals surface area contributed by atoms with E-state index in [1.807, 2.05) is 42.5 Å². The second kappa shape index (κ2) is 11.6. The summed E-state index contributed by atoms with van der Waals surface area (Å²) in [5.41, 5.74) is 2.12. The van der Waals surface area contributed by atoms with Crippen molar-refractivity contribution >= 4 is 17.5 Å². The Balaban J connectivity index is 1.58. The largest absolute Gasteiger partial charge is 0.462 e. The van der Waals surface area contributed by atoms with Crippen LogP contribution in [0, 0.1) is 0 Å². The van der Waals surface area contributed by atoms with Crippen molar-refractivity contribution in [1.82, 2.24) is 5.32 Å². The summed E-state index contributed by atoms with van der Waals surface area (Å²) < 4.78 is 17.2. The molecule has 3 N–H and O–H groups in total. The van der Waals surface area contributed by atoms with Gasteiger partial charge in [0.05, 0.1) is 11.2 Å². The Morgan fingerprint density at radius 2 is 1.73 bits per heavy atom. The summed E-state index contributed by atoms with van der Waals surface area (Å²) in [6.07, 6.45) is -3.77. The molecule has 4 rings (SSSR count). The summed E-state index contributed by atoms with van der Waals surface area (Å²) in [4.78, 5) is 13.3. The highest BCUT2D eigenvalue weighted by atomic mass is 35.5. The van der Waals surface area contributed by atoms with Gasteiger partial charge in [-0.2, -0.15) is 0 Å². The van der Waals surface area contributed by atoms with Crippen LogP contribution in [0.1, 0.15) is 29.8 Å². The van der Waals surface area contributed by atoms with Gasteiger partial charge >= 0.3 is 0 Å². The summed E-state index contributed by atoms with van der Waals surface area (Å²) in [5, 5.41) is 24.8. The van der Waals surface area contributed by atoms with Crippen LogP contribution in [0.2, 0.25) is 5.02 Å². The zero-order chi connectivity index (χ0) is 26.6. The van der Waals surface area contributed by atoms with Crippen molar-refractivity contribution in [2.75, 3.05) is 13.7 Å². The van der Waals surface area contributed by atoms with Crippen LogP contribution >= 0.6 is 11.6 Å². The van der Waals surface area contributed by atoms with E-state index in [-0.39, 0.29) is 5.91 Å². The van der Waals surface area contributed by atoms with Crippen LogP contribution in [0.15, 0.2) is 72.8 Å². The molecule has 4 atom stereocenters. The fraction of sp³-hybridized carbons (Fsp3) is 0.345. The lowest BCUT2D eigenvalue weighted by molar-refractivity contribution is -0.305. The molecule has 1 aliphatic rings. The molecule has 3 aromatic rings. The predicted molar refractivity (Wildman–Crippen MR) is 142 cm³/mol. The Kier molecular flexibility index (Phi) is 8.52. The van der Waals surface area contributed by atoms with E-state index >= 15 is 0 Å². The number of amides is 1. The minimum atomic E-state index is -1.35. The number of hydrogen-bond acceptors (Lipinski definition) is 6. The molecule has 0 saturated carbocycles. The monoisotopic (exact) mass is 525 g/mol. The minimum Gasteiger partial charge on any atom is -0.462 e. The molecule has 1 fully saturated rings. The van der Waals surface area contributed by atoms with Crippen LogP contribution < -0.4 is 10.1 Å². The summed E-state index contributed by atoms with van der Waals surface area (Å²) >= 11 is 6.06. The van der Waals surface area contributed by atoms with Crippen LogP contribution in [-0.2, 0) is 15.9 Å². The van der Waals surface area contributed by atoms with E-state index in [2.05, 4.69) is 5.32 Å². The lowest BCUT2D eigenvalue weighted by Crippen LogP contribution is -2.63. The maximum absolute atomic E-state index is 13.3. The SMILES string of the molecule is CO[C@@H]1[C@@H](O)[C@@H](O)[C@@H](Oc2ccc(-c3ccc(Cl)cc3)c(C(=O)NCCc3ccccc3)c2)OC1(C)C. The third kappa shape index (κ3) is 6.32. The number of aliphatic hydroxyl groups excluding tert-OH is 2. The van der Waals surface area contributed by atoms with E-state index < -0.39 is 30.2 Å². The molecular weight excluding hydrogens is 494 g/mol. The van der Waals surface area contributed by atoms with Gasteiger partial charge in [0, 0.05) is 18.7 Å². The number of carbonyl (C=O) groups excluding carboxylic acids is 1. The van der Waals surface area contributed by atoms with E-state index in [0.717, 1.165) is 11.1 Å². The number of methoxy groups -OCH3 is 1. The highest BCUT2D eigenvalue weighted by molar-refractivity contribution is 6.30. The Bertz CT molecular complexity index is 1200. The van der Waals surface area contributed by atoms with Crippen molar-refractivity contribution in [2.45, 2.75) is 50.5 Å². The van der Waals surface area contributed by atoms with Crippen molar-refractivity contribution < 1.29 is 29.2 Å². The summed E-state index contributed by atoms with van der Waals surface area (Å²) in [6.45, 7) is 3.96. The van der Waals surface area contributed by atoms with E-state index in [1.54, 1.807) is 44.2 Å². The Morgan fingerprint density at radius 3 is 2.41 bits per heavy atom. The second-order valence-electron chi connectivity index (χ2n) is 9.55. The van der Waals surface area contributed by atoms with Gasteiger partial charge in [0.25, 0.3) is 5.91 Å². The van der Waals surface area contributed by atoms with Gasteiger partial charge in [0.15, 0.2) is 0 Å². The third-order valence-electron chi connectivity index (χ3n) is 6.48. The smallest absolute Gasteiger partial charge is 0.252 e. The summed E-state index contributed by atoms with van der Waals surface area (Å²) in [5.74, 6) is 0.0464. The zero-order valence-electron chi connectivity index (χ0n) is 21.1. The van der Waals surface area contributed by atoms with Crippen LogP contribution in [0.25, 0.3) is 11.1 Å². The van der Waals surface area contributed by atoms with E-state index in [4.69, 9.17) is 25.8 Å². The molecule has 0 bridgehead atoms. The molecule has 1 heterocycles. The molecule has 1 aliphatic heterocycles. The molecule has 37 heavy (non-hydrogen) atoms. The highest BCUT2D eigenvalue weighted by Gasteiger charge is 2.50. The first kappa shape index (κ1) is 27.1. The molecule has 0 unspecified atom stereocenters. The second-order valence-corrected chi connectivity index (χ2v) is 9.99. The van der Waals surface area contributed by atoms with Gasteiger partial charge in [0.1, 0.15) is 24.1 Å². The van der Waals surface area contributed by atoms with Gasteiger partial charge in [-0.05, 0) is 67.3 Å². The van der Waals surface area contributed by atoms with Crippen molar-refractivity contribution in [2.24, 2.45) is 0 Å². The van der Waals surface area contributed by atoms with Crippen LogP contribution in [-0.4, -0.2) is 60.0 Å².